The second-order valence-electron chi connectivity index (χ2n) is 3.52. The summed E-state index contributed by atoms with van der Waals surface area (Å²) in [6.45, 7) is 10.8. The Balaban J connectivity index is 0. The van der Waals surface area contributed by atoms with Gasteiger partial charge >= 0.3 is 11.9 Å². The predicted molar refractivity (Wildman–Crippen MR) is 67.7 cm³/mol. The maximum absolute atomic E-state index is 10.9. The van der Waals surface area contributed by atoms with Gasteiger partial charge in [0.2, 0.25) is 0 Å². The molecule has 0 unspecified atom stereocenters. The molecule has 0 heterocycles. The van der Waals surface area contributed by atoms with E-state index in [1.165, 1.54) is 12.8 Å². The van der Waals surface area contributed by atoms with Crippen LogP contribution in [0.1, 0.15) is 39.5 Å². The monoisotopic (exact) mass is 242 g/mol. The molecule has 0 fully saturated rings. The number of aliphatic carboxylic acids is 1. The van der Waals surface area contributed by atoms with Crippen LogP contribution < -0.4 is 0 Å². The van der Waals surface area contributed by atoms with Gasteiger partial charge in [-0.15, -0.1) is 0 Å². The van der Waals surface area contributed by atoms with Crippen LogP contribution in [0.3, 0.4) is 0 Å². The molecule has 1 N–H and O–H groups in total. The van der Waals surface area contributed by atoms with Gasteiger partial charge < -0.3 is 9.84 Å². The zero-order chi connectivity index (χ0) is 13.7. The topological polar surface area (TPSA) is 63.6 Å². The van der Waals surface area contributed by atoms with E-state index in [2.05, 4.69) is 20.1 Å². The molecule has 0 rings (SSSR count). The van der Waals surface area contributed by atoms with Gasteiger partial charge in [-0.1, -0.05) is 39.3 Å². The van der Waals surface area contributed by atoms with Crippen molar-refractivity contribution >= 4 is 11.9 Å². The second kappa shape index (κ2) is 12.5. The Morgan fingerprint density at radius 2 is 1.82 bits per heavy atom. The first-order chi connectivity index (χ1) is 7.95. The zero-order valence-corrected chi connectivity index (χ0v) is 10.7. The fourth-order valence-electron chi connectivity index (χ4n) is 0.817. The lowest BCUT2D eigenvalue weighted by molar-refractivity contribution is -0.139. The Morgan fingerprint density at radius 1 is 1.29 bits per heavy atom. The van der Waals surface area contributed by atoms with Crippen molar-refractivity contribution in [3.8, 4) is 0 Å². The third-order valence-electron chi connectivity index (χ3n) is 1.75. The highest BCUT2D eigenvalue weighted by Crippen LogP contribution is 2.00. The average Bonchev–Trinajstić information content (AvgIpc) is 2.29. The Labute approximate surface area is 103 Å². The van der Waals surface area contributed by atoms with Gasteiger partial charge in [0.1, 0.15) is 0 Å². The number of carboxylic acids is 1. The van der Waals surface area contributed by atoms with E-state index in [-0.39, 0.29) is 5.97 Å². The quantitative estimate of drug-likeness (QED) is 0.423. The van der Waals surface area contributed by atoms with Crippen molar-refractivity contribution in [3.63, 3.8) is 0 Å². The molecule has 17 heavy (non-hydrogen) atoms. The largest absolute Gasteiger partial charge is 0.478 e. The minimum atomic E-state index is -0.981. The lowest BCUT2D eigenvalue weighted by Crippen LogP contribution is -2.05. The van der Waals surface area contributed by atoms with E-state index in [1.807, 2.05) is 0 Å². The Bertz CT molecular complexity index is 256. The summed E-state index contributed by atoms with van der Waals surface area (Å²) in [7, 11) is 0. The highest BCUT2D eigenvalue weighted by atomic mass is 16.5. The molecule has 4 heteroatoms. The van der Waals surface area contributed by atoms with E-state index in [1.54, 1.807) is 6.92 Å². The molecule has 0 aromatic rings. The Morgan fingerprint density at radius 3 is 2.18 bits per heavy atom. The van der Waals surface area contributed by atoms with Crippen molar-refractivity contribution in [3.05, 3.63) is 24.8 Å². The molecule has 0 aliphatic carbocycles. The fourth-order valence-corrected chi connectivity index (χ4v) is 0.817. The third-order valence-corrected chi connectivity index (χ3v) is 1.75. The Hall–Kier alpha value is -1.58. The van der Waals surface area contributed by atoms with E-state index in [4.69, 9.17) is 9.84 Å². The van der Waals surface area contributed by atoms with Crippen LogP contribution in [0.2, 0.25) is 0 Å². The summed E-state index contributed by atoms with van der Waals surface area (Å²) in [4.78, 5) is 20.1. The lowest BCUT2D eigenvalue weighted by Gasteiger charge is -2.02. The van der Waals surface area contributed by atoms with Crippen LogP contribution in [0.15, 0.2) is 24.8 Å². The van der Waals surface area contributed by atoms with Crippen LogP contribution in [-0.2, 0) is 14.3 Å². The summed E-state index contributed by atoms with van der Waals surface area (Å²) in [6, 6.07) is 0. The molecule has 0 radical (unpaired) electrons. The summed E-state index contributed by atoms with van der Waals surface area (Å²) in [5, 5.41) is 7.60. The summed E-state index contributed by atoms with van der Waals surface area (Å²) in [5.74, 6) is -1.25. The number of carbonyl (C=O) groups excluding carboxylic acids is 1. The first-order valence-electron chi connectivity index (χ1n) is 5.63. The van der Waals surface area contributed by atoms with Gasteiger partial charge in [0.05, 0.1) is 6.61 Å². The van der Waals surface area contributed by atoms with E-state index in [0.29, 0.717) is 12.2 Å². The maximum Gasteiger partial charge on any atom is 0.333 e. The molecule has 98 valence electrons. The number of hydrogen-bond donors (Lipinski definition) is 1. The standard InChI is InChI=1S/C10H18O2.C3H4O2/c1-4-5-6-7-8-12-10(11)9(2)3;1-2-3(4)5/h2,4-8H2,1,3H3;2H,1H2,(H,4,5). The highest BCUT2D eigenvalue weighted by Gasteiger charge is 2.00. The van der Waals surface area contributed by atoms with Gasteiger partial charge in [-0.05, 0) is 13.3 Å². The van der Waals surface area contributed by atoms with Crippen molar-refractivity contribution in [1.29, 1.82) is 0 Å². The van der Waals surface area contributed by atoms with Crippen molar-refractivity contribution in [1.82, 2.24) is 0 Å². The van der Waals surface area contributed by atoms with Crippen LogP contribution in [-0.4, -0.2) is 23.7 Å². The number of hydrogen-bond acceptors (Lipinski definition) is 3. The number of ether oxygens (including phenoxy) is 1. The van der Waals surface area contributed by atoms with Gasteiger partial charge in [0.15, 0.2) is 0 Å². The van der Waals surface area contributed by atoms with Gasteiger partial charge in [0, 0.05) is 11.6 Å². The summed E-state index contributed by atoms with van der Waals surface area (Å²) in [5.41, 5.74) is 0.477. The highest BCUT2D eigenvalue weighted by molar-refractivity contribution is 5.86. The molecule has 0 bridgehead atoms. The third kappa shape index (κ3) is 17.1. The smallest absolute Gasteiger partial charge is 0.333 e. The SMILES string of the molecule is C=C(C)C(=O)OCCCCCC.C=CC(=O)O. The van der Waals surface area contributed by atoms with Crippen molar-refractivity contribution in [2.45, 2.75) is 39.5 Å². The number of unbranched alkanes of at least 4 members (excludes halogenated alkanes) is 3. The van der Waals surface area contributed by atoms with Crippen LogP contribution in [0.25, 0.3) is 0 Å². The molecular weight excluding hydrogens is 220 g/mol. The minimum absolute atomic E-state index is 0.272. The molecule has 0 aromatic heterocycles. The van der Waals surface area contributed by atoms with Crippen LogP contribution in [0.4, 0.5) is 0 Å². The molecule has 0 aliphatic rings. The van der Waals surface area contributed by atoms with Gasteiger partial charge in [0.25, 0.3) is 0 Å². The molecule has 0 aromatic carbocycles. The molecule has 0 saturated carbocycles. The van der Waals surface area contributed by atoms with Gasteiger partial charge in [-0.2, -0.15) is 0 Å². The van der Waals surface area contributed by atoms with E-state index < -0.39 is 5.97 Å². The summed E-state index contributed by atoms with van der Waals surface area (Å²) >= 11 is 0. The second-order valence-corrected chi connectivity index (χ2v) is 3.52. The first kappa shape index (κ1) is 17.8. The van der Waals surface area contributed by atoms with Crippen molar-refractivity contribution in [2.75, 3.05) is 6.61 Å². The van der Waals surface area contributed by atoms with Crippen LogP contribution in [0, 0.1) is 0 Å². The lowest BCUT2D eigenvalue weighted by atomic mass is 10.2. The molecular formula is C13H22O4. The van der Waals surface area contributed by atoms with Gasteiger partial charge in [-0.3, -0.25) is 0 Å². The minimum Gasteiger partial charge on any atom is -0.478 e. The number of carbonyl (C=O) groups is 2. The number of rotatable bonds is 7. The first-order valence-corrected chi connectivity index (χ1v) is 5.63. The van der Waals surface area contributed by atoms with E-state index in [0.717, 1.165) is 18.9 Å². The average molecular weight is 242 g/mol. The Kier molecular flexibility index (Phi) is 13.1. The van der Waals surface area contributed by atoms with Crippen LogP contribution >= 0.6 is 0 Å². The van der Waals surface area contributed by atoms with Crippen LogP contribution in [0.5, 0.6) is 0 Å². The summed E-state index contributed by atoms with van der Waals surface area (Å²) < 4.78 is 4.91. The molecule has 4 nitrogen and oxygen atoms in total. The predicted octanol–water partition coefficient (Wildman–Crippen LogP) is 2.94. The van der Waals surface area contributed by atoms with Crippen molar-refractivity contribution in [2.24, 2.45) is 0 Å². The van der Waals surface area contributed by atoms with E-state index >= 15 is 0 Å². The normalized spacial score (nSPS) is 8.59. The number of esters is 1. The van der Waals surface area contributed by atoms with Gasteiger partial charge in [-0.25, -0.2) is 9.59 Å². The molecule has 0 atom stereocenters. The molecule has 0 saturated heterocycles. The molecule has 0 spiro atoms. The zero-order valence-electron chi connectivity index (χ0n) is 10.7. The fraction of sp³-hybridized carbons (Fsp3) is 0.538. The molecule has 0 aliphatic heterocycles. The summed E-state index contributed by atoms with van der Waals surface area (Å²) in [6.07, 6.45) is 5.35. The molecule has 0 amide bonds. The maximum atomic E-state index is 10.9. The van der Waals surface area contributed by atoms with Crippen molar-refractivity contribution < 1.29 is 19.4 Å². The number of carboxylic acid groups (broad SMARTS) is 1. The van der Waals surface area contributed by atoms with E-state index in [9.17, 15) is 9.59 Å².